The number of hydrogen-bond acceptors (Lipinski definition) is 4. The van der Waals surface area contributed by atoms with Crippen molar-refractivity contribution in [3.8, 4) is 0 Å². The van der Waals surface area contributed by atoms with E-state index in [1.54, 1.807) is 6.92 Å². The smallest absolute Gasteiger partial charge is 0.407 e. The van der Waals surface area contributed by atoms with Crippen LogP contribution in [0.1, 0.15) is 31.7 Å². The Morgan fingerprint density at radius 1 is 1.23 bits per heavy atom. The predicted molar refractivity (Wildman–Crippen MR) is 99.8 cm³/mol. The van der Waals surface area contributed by atoms with Crippen LogP contribution in [0.4, 0.5) is 4.79 Å². The van der Waals surface area contributed by atoms with Gasteiger partial charge in [-0.1, -0.05) is 30.3 Å². The predicted octanol–water partition coefficient (Wildman–Crippen LogP) is 1.95. The Hall–Kier alpha value is -2.08. The zero-order valence-electron chi connectivity index (χ0n) is 15.5. The Morgan fingerprint density at radius 2 is 1.96 bits per heavy atom. The van der Waals surface area contributed by atoms with Crippen molar-refractivity contribution in [2.24, 2.45) is 5.41 Å². The minimum absolute atomic E-state index is 0.0114. The summed E-state index contributed by atoms with van der Waals surface area (Å²) >= 11 is 0. The SMILES string of the molecule is CCOC(=O)N[C@H](Cc1ccccc1)C(=O)N1CCC2(CCNC2)CC1. The summed E-state index contributed by atoms with van der Waals surface area (Å²) in [6, 6.07) is 9.19. The second-order valence-corrected chi connectivity index (χ2v) is 7.36. The van der Waals surface area contributed by atoms with Gasteiger partial charge in [-0.15, -0.1) is 0 Å². The molecule has 142 valence electrons. The topological polar surface area (TPSA) is 70.7 Å². The summed E-state index contributed by atoms with van der Waals surface area (Å²) in [5.41, 5.74) is 1.39. The summed E-state index contributed by atoms with van der Waals surface area (Å²) < 4.78 is 4.99. The number of likely N-dealkylation sites (tertiary alicyclic amines) is 1. The third-order valence-corrected chi connectivity index (χ3v) is 5.62. The van der Waals surface area contributed by atoms with E-state index in [-0.39, 0.29) is 12.5 Å². The molecule has 0 saturated carbocycles. The van der Waals surface area contributed by atoms with Crippen LogP contribution in [0.3, 0.4) is 0 Å². The first-order valence-electron chi connectivity index (χ1n) is 9.59. The van der Waals surface area contributed by atoms with Crippen LogP contribution in [0.2, 0.25) is 0 Å². The lowest BCUT2D eigenvalue weighted by molar-refractivity contribution is -0.135. The zero-order valence-corrected chi connectivity index (χ0v) is 15.5. The number of benzene rings is 1. The van der Waals surface area contributed by atoms with E-state index in [4.69, 9.17) is 4.74 Å². The highest BCUT2D eigenvalue weighted by Crippen LogP contribution is 2.37. The van der Waals surface area contributed by atoms with E-state index in [1.165, 1.54) is 6.42 Å². The molecule has 6 nitrogen and oxygen atoms in total. The third kappa shape index (κ3) is 4.55. The van der Waals surface area contributed by atoms with Crippen molar-refractivity contribution in [1.29, 1.82) is 0 Å². The maximum absolute atomic E-state index is 13.1. The van der Waals surface area contributed by atoms with Gasteiger partial charge < -0.3 is 20.3 Å². The molecule has 26 heavy (non-hydrogen) atoms. The molecule has 2 N–H and O–H groups in total. The molecule has 0 aliphatic carbocycles. The minimum atomic E-state index is -0.591. The molecular formula is C20H29N3O3. The molecule has 2 heterocycles. The van der Waals surface area contributed by atoms with E-state index in [1.807, 2.05) is 35.2 Å². The summed E-state index contributed by atoms with van der Waals surface area (Å²) in [7, 11) is 0. The van der Waals surface area contributed by atoms with Crippen molar-refractivity contribution < 1.29 is 14.3 Å². The second kappa shape index (κ2) is 8.54. The van der Waals surface area contributed by atoms with Gasteiger partial charge in [0.05, 0.1) is 6.61 Å². The number of carbonyl (C=O) groups is 2. The van der Waals surface area contributed by atoms with Gasteiger partial charge in [0.1, 0.15) is 6.04 Å². The van der Waals surface area contributed by atoms with Gasteiger partial charge in [0.2, 0.25) is 5.91 Å². The standard InChI is InChI=1S/C20H29N3O3/c1-2-26-19(25)22-17(14-16-6-4-3-5-7-16)18(24)23-12-9-20(10-13-23)8-11-21-15-20/h3-7,17,21H,2,8-15H2,1H3,(H,22,25)/t17-/m1/s1. The number of hydrogen-bond donors (Lipinski definition) is 2. The van der Waals surface area contributed by atoms with Crippen LogP contribution in [0, 0.1) is 5.41 Å². The van der Waals surface area contributed by atoms with Crippen LogP contribution < -0.4 is 10.6 Å². The van der Waals surface area contributed by atoms with Gasteiger partial charge >= 0.3 is 6.09 Å². The first-order valence-corrected chi connectivity index (χ1v) is 9.59. The maximum atomic E-state index is 13.1. The lowest BCUT2D eigenvalue weighted by atomic mass is 9.77. The monoisotopic (exact) mass is 359 g/mol. The number of alkyl carbamates (subject to hydrolysis) is 1. The average Bonchev–Trinajstić information content (AvgIpc) is 3.10. The molecule has 0 unspecified atom stereocenters. The molecule has 0 radical (unpaired) electrons. The molecule has 2 amide bonds. The van der Waals surface area contributed by atoms with Crippen LogP contribution in [0.15, 0.2) is 30.3 Å². The molecular weight excluding hydrogens is 330 g/mol. The third-order valence-electron chi connectivity index (χ3n) is 5.62. The highest BCUT2D eigenvalue weighted by atomic mass is 16.5. The van der Waals surface area contributed by atoms with Crippen LogP contribution in [-0.2, 0) is 16.0 Å². The number of ether oxygens (including phenoxy) is 1. The van der Waals surface area contributed by atoms with Gasteiger partial charge in [-0.25, -0.2) is 4.79 Å². The molecule has 1 aromatic carbocycles. The molecule has 1 aromatic rings. The van der Waals surface area contributed by atoms with E-state index < -0.39 is 12.1 Å². The van der Waals surface area contributed by atoms with E-state index in [0.29, 0.717) is 11.8 Å². The van der Waals surface area contributed by atoms with E-state index in [9.17, 15) is 9.59 Å². The molecule has 1 spiro atoms. The molecule has 0 bridgehead atoms. The molecule has 3 rings (SSSR count). The Bertz CT molecular complexity index is 604. The fourth-order valence-electron chi connectivity index (χ4n) is 4.01. The number of nitrogens with zero attached hydrogens (tertiary/aromatic N) is 1. The number of piperidine rings is 1. The summed E-state index contributed by atoms with van der Waals surface area (Å²) in [6.07, 6.45) is 3.20. The quantitative estimate of drug-likeness (QED) is 0.843. The molecule has 1 atom stereocenters. The van der Waals surface area contributed by atoms with Gasteiger partial charge in [0, 0.05) is 26.1 Å². The Kier molecular flexibility index (Phi) is 6.14. The number of carbonyl (C=O) groups excluding carboxylic acids is 2. The van der Waals surface area contributed by atoms with Crippen LogP contribution >= 0.6 is 0 Å². The minimum Gasteiger partial charge on any atom is -0.450 e. The Labute approximate surface area is 155 Å². The first kappa shape index (κ1) is 18.7. The fourth-order valence-corrected chi connectivity index (χ4v) is 4.01. The van der Waals surface area contributed by atoms with Crippen LogP contribution in [0.25, 0.3) is 0 Å². The average molecular weight is 359 g/mol. The van der Waals surface area contributed by atoms with E-state index in [2.05, 4.69) is 10.6 Å². The van der Waals surface area contributed by atoms with Crippen LogP contribution in [-0.4, -0.2) is 55.7 Å². The largest absolute Gasteiger partial charge is 0.450 e. The normalized spacial score (nSPS) is 20.0. The van der Waals surface area contributed by atoms with Crippen molar-refractivity contribution in [2.45, 2.75) is 38.6 Å². The Morgan fingerprint density at radius 3 is 2.58 bits per heavy atom. The molecule has 2 fully saturated rings. The van der Waals surface area contributed by atoms with Crippen molar-refractivity contribution >= 4 is 12.0 Å². The van der Waals surface area contributed by atoms with E-state index >= 15 is 0 Å². The van der Waals surface area contributed by atoms with Gasteiger partial charge in [0.15, 0.2) is 0 Å². The summed E-state index contributed by atoms with van der Waals surface area (Å²) in [6.45, 7) is 5.70. The van der Waals surface area contributed by atoms with Crippen LogP contribution in [0.5, 0.6) is 0 Å². The summed E-state index contributed by atoms with van der Waals surface area (Å²) in [5, 5.41) is 6.21. The lowest BCUT2D eigenvalue weighted by Gasteiger charge is -2.40. The number of nitrogens with one attached hydrogen (secondary N) is 2. The zero-order chi connectivity index (χ0) is 18.4. The van der Waals surface area contributed by atoms with Crippen molar-refractivity contribution in [3.05, 3.63) is 35.9 Å². The molecule has 2 aliphatic heterocycles. The molecule has 6 heteroatoms. The molecule has 2 saturated heterocycles. The van der Waals surface area contributed by atoms with E-state index in [0.717, 1.165) is 44.6 Å². The highest BCUT2D eigenvalue weighted by Gasteiger charge is 2.39. The second-order valence-electron chi connectivity index (χ2n) is 7.36. The molecule has 2 aliphatic rings. The Balaban J connectivity index is 1.64. The van der Waals surface area contributed by atoms with Gasteiger partial charge in [0.25, 0.3) is 0 Å². The maximum Gasteiger partial charge on any atom is 0.407 e. The summed E-state index contributed by atoms with van der Waals surface area (Å²) in [4.78, 5) is 26.9. The summed E-state index contributed by atoms with van der Waals surface area (Å²) in [5.74, 6) is -0.0114. The van der Waals surface area contributed by atoms with Gasteiger partial charge in [-0.3, -0.25) is 4.79 Å². The number of amides is 2. The van der Waals surface area contributed by atoms with Gasteiger partial charge in [-0.2, -0.15) is 0 Å². The van der Waals surface area contributed by atoms with Gasteiger partial charge in [-0.05, 0) is 43.7 Å². The lowest BCUT2D eigenvalue weighted by Crippen LogP contribution is -2.53. The number of rotatable bonds is 5. The highest BCUT2D eigenvalue weighted by molar-refractivity contribution is 5.86. The van der Waals surface area contributed by atoms with Crippen molar-refractivity contribution in [3.63, 3.8) is 0 Å². The fraction of sp³-hybridized carbons (Fsp3) is 0.600. The van der Waals surface area contributed by atoms with Crippen molar-refractivity contribution in [1.82, 2.24) is 15.5 Å². The first-order chi connectivity index (χ1) is 12.6. The molecule has 0 aromatic heterocycles. The van der Waals surface area contributed by atoms with Crippen molar-refractivity contribution in [2.75, 3.05) is 32.8 Å².